The quantitative estimate of drug-likeness (QED) is 0.268. The zero-order valence-electron chi connectivity index (χ0n) is 19.7. The fourth-order valence-electron chi connectivity index (χ4n) is 5.06. The van der Waals surface area contributed by atoms with Crippen LogP contribution < -0.4 is 0 Å². The molecule has 0 saturated carbocycles. The van der Waals surface area contributed by atoms with E-state index in [0.717, 1.165) is 44.5 Å². The molecule has 3 heteroatoms. The van der Waals surface area contributed by atoms with E-state index < -0.39 is 0 Å². The summed E-state index contributed by atoms with van der Waals surface area (Å²) in [5.74, 6) is 0. The molecule has 0 atom stereocenters. The van der Waals surface area contributed by atoms with Gasteiger partial charge in [-0.15, -0.1) is 0 Å². The highest BCUT2D eigenvalue weighted by Crippen LogP contribution is 2.35. The molecule has 0 amide bonds. The number of fused-ring (bicyclic) bond motifs is 3. The minimum absolute atomic E-state index is 0.586. The lowest BCUT2D eigenvalue weighted by molar-refractivity contribution is 1.18. The van der Waals surface area contributed by atoms with Gasteiger partial charge >= 0.3 is 0 Å². The van der Waals surface area contributed by atoms with E-state index in [2.05, 4.69) is 95.6 Å². The molecular weight excluding hydrogens is 438 g/mol. The predicted octanol–water partition coefficient (Wildman–Crippen LogP) is 8.17. The molecule has 168 valence electrons. The molecule has 1 aromatic heterocycles. The van der Waals surface area contributed by atoms with Gasteiger partial charge in [0.1, 0.15) is 0 Å². The molecular formula is C33H21N3. The maximum absolute atomic E-state index is 9.99. The number of hydrogen-bond acceptors (Lipinski definition) is 2. The van der Waals surface area contributed by atoms with Gasteiger partial charge in [0.15, 0.2) is 0 Å². The van der Waals surface area contributed by atoms with Crippen LogP contribution >= 0.6 is 0 Å². The summed E-state index contributed by atoms with van der Waals surface area (Å²) in [6, 6.07) is 41.5. The van der Waals surface area contributed by atoms with Crippen LogP contribution in [0.2, 0.25) is 0 Å². The predicted molar refractivity (Wildman–Crippen MR) is 146 cm³/mol. The van der Waals surface area contributed by atoms with Gasteiger partial charge in [0.05, 0.1) is 34.3 Å². The summed E-state index contributed by atoms with van der Waals surface area (Å²) in [6.45, 7) is 2.00. The molecule has 6 rings (SSSR count). The molecule has 0 aliphatic carbocycles. The molecule has 0 unspecified atom stereocenters. The lowest BCUT2D eigenvalue weighted by atomic mass is 9.92. The van der Waals surface area contributed by atoms with Crippen molar-refractivity contribution >= 4 is 21.8 Å². The largest absolute Gasteiger partial charge is 0.309 e. The number of para-hydroxylation sites is 2. The highest BCUT2D eigenvalue weighted by molar-refractivity contribution is 6.09. The second-order valence-electron chi connectivity index (χ2n) is 8.93. The van der Waals surface area contributed by atoms with Gasteiger partial charge in [0.2, 0.25) is 0 Å². The van der Waals surface area contributed by atoms with Crippen LogP contribution in [0, 0.1) is 29.6 Å². The van der Waals surface area contributed by atoms with Crippen LogP contribution in [0.4, 0.5) is 0 Å². The Kier molecular flexibility index (Phi) is 5.11. The molecule has 0 radical (unpaired) electrons. The molecule has 1 heterocycles. The van der Waals surface area contributed by atoms with E-state index in [1.54, 1.807) is 6.07 Å². The van der Waals surface area contributed by atoms with Crippen molar-refractivity contribution in [2.75, 3.05) is 0 Å². The maximum Gasteiger partial charge on any atom is 0.0998 e. The number of aromatic nitrogens is 1. The Morgan fingerprint density at radius 1 is 0.583 bits per heavy atom. The normalized spacial score (nSPS) is 10.9. The first-order valence-corrected chi connectivity index (χ1v) is 11.8. The van der Waals surface area contributed by atoms with Crippen molar-refractivity contribution in [1.82, 2.24) is 4.57 Å². The Labute approximate surface area is 209 Å². The molecule has 0 aliphatic heterocycles. The van der Waals surface area contributed by atoms with Gasteiger partial charge in [-0.2, -0.15) is 10.5 Å². The Morgan fingerprint density at radius 2 is 1.28 bits per heavy atom. The molecule has 0 aliphatic rings. The van der Waals surface area contributed by atoms with E-state index in [4.69, 9.17) is 0 Å². The third kappa shape index (κ3) is 3.43. The van der Waals surface area contributed by atoms with Gasteiger partial charge in [-0.05, 0) is 77.2 Å². The van der Waals surface area contributed by atoms with E-state index in [1.165, 1.54) is 10.8 Å². The lowest BCUT2D eigenvalue weighted by Crippen LogP contribution is -1.94. The van der Waals surface area contributed by atoms with Crippen LogP contribution in [0.5, 0.6) is 0 Å². The molecule has 0 spiro atoms. The second-order valence-corrected chi connectivity index (χ2v) is 8.93. The van der Waals surface area contributed by atoms with Crippen LogP contribution in [-0.4, -0.2) is 4.57 Å². The van der Waals surface area contributed by atoms with Gasteiger partial charge in [-0.25, -0.2) is 0 Å². The summed E-state index contributed by atoms with van der Waals surface area (Å²) in [6.07, 6.45) is 0. The summed E-state index contributed by atoms with van der Waals surface area (Å²) in [4.78, 5) is 0. The van der Waals surface area contributed by atoms with Crippen molar-refractivity contribution in [2.45, 2.75) is 6.92 Å². The first kappa shape index (κ1) is 21.4. The average molecular weight is 460 g/mol. The first-order chi connectivity index (χ1) is 17.7. The lowest BCUT2D eigenvalue weighted by Gasteiger charge is -2.13. The Bertz CT molecular complexity index is 1820. The highest BCUT2D eigenvalue weighted by Gasteiger charge is 2.14. The fourth-order valence-corrected chi connectivity index (χ4v) is 5.06. The van der Waals surface area contributed by atoms with E-state index in [-0.39, 0.29) is 0 Å². The smallest absolute Gasteiger partial charge is 0.0998 e. The number of benzene rings is 5. The van der Waals surface area contributed by atoms with Gasteiger partial charge in [0.25, 0.3) is 0 Å². The Morgan fingerprint density at radius 3 is 1.97 bits per heavy atom. The van der Waals surface area contributed by atoms with Crippen LogP contribution in [-0.2, 0) is 0 Å². The van der Waals surface area contributed by atoms with Crippen molar-refractivity contribution in [3.05, 3.63) is 126 Å². The molecule has 0 bridgehead atoms. The van der Waals surface area contributed by atoms with E-state index in [1.807, 2.05) is 31.2 Å². The maximum atomic E-state index is 9.99. The monoisotopic (exact) mass is 459 g/mol. The molecule has 0 N–H and O–H groups in total. The zero-order valence-corrected chi connectivity index (χ0v) is 19.7. The fraction of sp³-hybridized carbons (Fsp3) is 0.0303. The molecule has 0 fully saturated rings. The highest BCUT2D eigenvalue weighted by atomic mass is 15.0. The number of nitriles is 2. The minimum atomic E-state index is 0.586. The zero-order chi connectivity index (χ0) is 24.6. The van der Waals surface area contributed by atoms with Gasteiger partial charge in [0, 0.05) is 16.5 Å². The Balaban J connectivity index is 1.50. The van der Waals surface area contributed by atoms with Crippen LogP contribution in [0.3, 0.4) is 0 Å². The van der Waals surface area contributed by atoms with Crippen LogP contribution in [0.25, 0.3) is 49.7 Å². The second kappa shape index (κ2) is 8.58. The van der Waals surface area contributed by atoms with Crippen molar-refractivity contribution in [3.8, 4) is 40.1 Å². The summed E-state index contributed by atoms with van der Waals surface area (Å²) in [5.41, 5.74) is 9.39. The van der Waals surface area contributed by atoms with Gasteiger partial charge < -0.3 is 4.57 Å². The molecule has 36 heavy (non-hydrogen) atoms. The van der Waals surface area contributed by atoms with Gasteiger partial charge in [-0.3, -0.25) is 0 Å². The number of hydrogen-bond donors (Lipinski definition) is 0. The standard InChI is InChI=1S/C33H21N3/c1-22-13-14-23(20-34)17-31(22)28-16-15-25(18-26(28)21-35)24-7-6-8-27(19-24)36-32-11-4-2-9-29(32)30-10-3-5-12-33(30)36/h2-19H,1H3. The Hall–Kier alpha value is -5.12. The van der Waals surface area contributed by atoms with Crippen LogP contribution in [0.15, 0.2) is 109 Å². The van der Waals surface area contributed by atoms with Crippen molar-refractivity contribution in [2.24, 2.45) is 0 Å². The molecule has 0 saturated heterocycles. The number of nitrogens with zero attached hydrogens (tertiary/aromatic N) is 3. The third-order valence-corrected chi connectivity index (χ3v) is 6.81. The first-order valence-electron chi connectivity index (χ1n) is 11.8. The van der Waals surface area contributed by atoms with E-state index >= 15 is 0 Å². The SMILES string of the molecule is Cc1ccc(C#N)cc1-c1ccc(-c2cccc(-n3c4ccccc4c4ccccc43)c2)cc1C#N. The van der Waals surface area contributed by atoms with Crippen molar-refractivity contribution < 1.29 is 0 Å². The van der Waals surface area contributed by atoms with Crippen molar-refractivity contribution in [1.29, 1.82) is 10.5 Å². The van der Waals surface area contributed by atoms with Crippen molar-refractivity contribution in [3.63, 3.8) is 0 Å². The average Bonchev–Trinajstić information content (AvgIpc) is 3.27. The summed E-state index contributed by atoms with van der Waals surface area (Å²) in [7, 11) is 0. The van der Waals surface area contributed by atoms with Crippen LogP contribution in [0.1, 0.15) is 16.7 Å². The third-order valence-electron chi connectivity index (χ3n) is 6.81. The minimum Gasteiger partial charge on any atom is -0.309 e. The molecule has 6 aromatic rings. The van der Waals surface area contributed by atoms with Gasteiger partial charge in [-0.1, -0.05) is 66.7 Å². The van der Waals surface area contributed by atoms with E-state index in [9.17, 15) is 10.5 Å². The number of aryl methyl sites for hydroxylation is 1. The summed E-state index contributed by atoms with van der Waals surface area (Å²) in [5, 5.41) is 21.8. The topological polar surface area (TPSA) is 52.5 Å². The number of rotatable bonds is 3. The summed E-state index contributed by atoms with van der Waals surface area (Å²) >= 11 is 0. The summed E-state index contributed by atoms with van der Waals surface area (Å²) < 4.78 is 2.30. The molecule has 3 nitrogen and oxygen atoms in total. The van der Waals surface area contributed by atoms with E-state index in [0.29, 0.717) is 11.1 Å². The molecule has 5 aromatic carbocycles.